The largest absolute Gasteiger partial charge is 0.338 e. The molecular weight excluding hydrogens is 364 g/mol. The molecule has 1 N–H and O–H groups in total. The van der Waals surface area contributed by atoms with E-state index < -0.39 is 0 Å². The van der Waals surface area contributed by atoms with Crippen LogP contribution in [0.1, 0.15) is 59.3 Å². The van der Waals surface area contributed by atoms with Crippen LogP contribution in [0.4, 0.5) is 0 Å². The molecule has 1 atom stereocenters. The molecule has 1 aliphatic heterocycles. The maximum atomic E-state index is 13.0. The molecule has 3 heterocycles. The third-order valence-electron chi connectivity index (χ3n) is 5.79. The van der Waals surface area contributed by atoms with Crippen LogP contribution in [-0.4, -0.2) is 38.7 Å². The van der Waals surface area contributed by atoms with E-state index in [1.807, 2.05) is 35.7 Å². The second kappa shape index (κ2) is 7.85. The van der Waals surface area contributed by atoms with E-state index in [0.717, 1.165) is 59.9 Å². The highest BCUT2D eigenvalue weighted by Gasteiger charge is 2.27. The standard InChI is InChI=1S/C23H28N4O2/c1-4-7-27-14-19(12-24-27)23(29)26-8-5-6-17(13-26)20-11-18-10-15(2)9-16(3)21(18)22(28)25-20/h9-12,14,17H,4-8,13H2,1-3H3,(H,25,28). The summed E-state index contributed by atoms with van der Waals surface area (Å²) in [5.74, 6) is 0.156. The molecule has 6 heteroatoms. The van der Waals surface area contributed by atoms with Crippen molar-refractivity contribution in [3.05, 3.63) is 63.3 Å². The van der Waals surface area contributed by atoms with Gasteiger partial charge in [0, 0.05) is 42.8 Å². The van der Waals surface area contributed by atoms with Crippen molar-refractivity contribution in [2.45, 2.75) is 52.5 Å². The van der Waals surface area contributed by atoms with Gasteiger partial charge in [-0.1, -0.05) is 24.6 Å². The molecule has 0 bridgehead atoms. The number of aromatic nitrogens is 3. The summed E-state index contributed by atoms with van der Waals surface area (Å²) in [5, 5.41) is 6.02. The Balaban J connectivity index is 1.59. The van der Waals surface area contributed by atoms with E-state index >= 15 is 0 Å². The van der Waals surface area contributed by atoms with Gasteiger partial charge in [-0.05, 0) is 50.1 Å². The van der Waals surface area contributed by atoms with Gasteiger partial charge in [0.2, 0.25) is 0 Å². The molecule has 1 aromatic carbocycles. The Morgan fingerprint density at radius 3 is 2.90 bits per heavy atom. The number of amides is 1. The van der Waals surface area contributed by atoms with Crippen LogP contribution in [-0.2, 0) is 6.54 Å². The van der Waals surface area contributed by atoms with E-state index in [-0.39, 0.29) is 17.4 Å². The zero-order valence-corrected chi connectivity index (χ0v) is 17.4. The average Bonchev–Trinajstić information content (AvgIpc) is 3.15. The first-order valence-electron chi connectivity index (χ1n) is 10.4. The van der Waals surface area contributed by atoms with E-state index in [4.69, 9.17) is 0 Å². The third-order valence-corrected chi connectivity index (χ3v) is 5.79. The Hall–Kier alpha value is -2.89. The van der Waals surface area contributed by atoms with Gasteiger partial charge in [-0.2, -0.15) is 5.10 Å². The Morgan fingerprint density at radius 2 is 2.10 bits per heavy atom. The predicted octanol–water partition coefficient (Wildman–Crippen LogP) is 3.77. The Morgan fingerprint density at radius 1 is 1.28 bits per heavy atom. The third kappa shape index (κ3) is 3.84. The van der Waals surface area contributed by atoms with Gasteiger partial charge in [-0.15, -0.1) is 0 Å². The number of hydrogen-bond donors (Lipinski definition) is 1. The van der Waals surface area contributed by atoms with Crippen molar-refractivity contribution in [3.63, 3.8) is 0 Å². The fourth-order valence-corrected chi connectivity index (χ4v) is 4.47. The number of aromatic amines is 1. The van der Waals surface area contributed by atoms with Crippen LogP contribution in [0.15, 0.2) is 35.4 Å². The van der Waals surface area contributed by atoms with E-state index in [0.29, 0.717) is 12.1 Å². The Bertz CT molecular complexity index is 1110. The number of piperidine rings is 1. The van der Waals surface area contributed by atoms with Crippen molar-refractivity contribution in [2.75, 3.05) is 13.1 Å². The first-order valence-corrected chi connectivity index (χ1v) is 10.4. The molecule has 0 saturated carbocycles. The number of nitrogens with one attached hydrogen (secondary N) is 1. The number of aryl methyl sites for hydroxylation is 3. The lowest BCUT2D eigenvalue weighted by Crippen LogP contribution is -2.39. The van der Waals surface area contributed by atoms with Crippen LogP contribution in [0, 0.1) is 13.8 Å². The molecule has 4 rings (SSSR count). The van der Waals surface area contributed by atoms with Crippen molar-refractivity contribution in [1.29, 1.82) is 0 Å². The van der Waals surface area contributed by atoms with E-state index in [9.17, 15) is 9.59 Å². The number of fused-ring (bicyclic) bond motifs is 1. The fourth-order valence-electron chi connectivity index (χ4n) is 4.47. The molecule has 1 aliphatic rings. The van der Waals surface area contributed by atoms with Crippen LogP contribution in [0.2, 0.25) is 0 Å². The molecule has 29 heavy (non-hydrogen) atoms. The van der Waals surface area contributed by atoms with Gasteiger partial charge in [0.25, 0.3) is 11.5 Å². The zero-order valence-electron chi connectivity index (χ0n) is 17.4. The normalized spacial score (nSPS) is 17.1. The van der Waals surface area contributed by atoms with Crippen LogP contribution in [0.25, 0.3) is 10.8 Å². The molecular formula is C23H28N4O2. The summed E-state index contributed by atoms with van der Waals surface area (Å²) >= 11 is 0. The lowest BCUT2D eigenvalue weighted by atomic mass is 9.92. The fraction of sp³-hybridized carbons (Fsp3) is 0.435. The lowest BCUT2D eigenvalue weighted by molar-refractivity contribution is 0.0706. The molecule has 6 nitrogen and oxygen atoms in total. The summed E-state index contributed by atoms with van der Waals surface area (Å²) in [7, 11) is 0. The molecule has 0 aliphatic carbocycles. The van der Waals surface area contributed by atoms with Crippen molar-refractivity contribution >= 4 is 16.7 Å². The van der Waals surface area contributed by atoms with Crippen LogP contribution in [0.5, 0.6) is 0 Å². The summed E-state index contributed by atoms with van der Waals surface area (Å²) < 4.78 is 1.82. The van der Waals surface area contributed by atoms with Crippen molar-refractivity contribution in [2.24, 2.45) is 0 Å². The number of hydrogen-bond acceptors (Lipinski definition) is 3. The second-order valence-corrected chi connectivity index (χ2v) is 8.18. The molecule has 1 fully saturated rings. The molecule has 1 unspecified atom stereocenters. The summed E-state index contributed by atoms with van der Waals surface area (Å²) in [5.41, 5.74) is 3.66. The Kier molecular flexibility index (Phi) is 5.26. The molecule has 152 valence electrons. The minimum absolute atomic E-state index is 0.0203. The Labute approximate surface area is 170 Å². The topological polar surface area (TPSA) is 71.0 Å². The molecule has 0 spiro atoms. The molecule has 3 aromatic rings. The van der Waals surface area contributed by atoms with Gasteiger partial charge in [0.15, 0.2) is 0 Å². The van der Waals surface area contributed by atoms with E-state index in [1.54, 1.807) is 6.20 Å². The number of pyridine rings is 1. The quantitative estimate of drug-likeness (QED) is 0.735. The highest BCUT2D eigenvalue weighted by molar-refractivity contribution is 5.94. The minimum Gasteiger partial charge on any atom is -0.338 e. The highest BCUT2D eigenvalue weighted by Crippen LogP contribution is 2.28. The number of likely N-dealkylation sites (tertiary alicyclic amines) is 1. The number of H-pyrrole nitrogens is 1. The van der Waals surface area contributed by atoms with Crippen molar-refractivity contribution < 1.29 is 4.79 Å². The van der Waals surface area contributed by atoms with Crippen LogP contribution >= 0.6 is 0 Å². The van der Waals surface area contributed by atoms with Crippen molar-refractivity contribution in [1.82, 2.24) is 19.7 Å². The second-order valence-electron chi connectivity index (χ2n) is 8.18. The maximum Gasteiger partial charge on any atom is 0.257 e. The van der Waals surface area contributed by atoms with Gasteiger partial charge < -0.3 is 9.88 Å². The van der Waals surface area contributed by atoms with Gasteiger partial charge in [-0.25, -0.2) is 0 Å². The number of rotatable bonds is 4. The first-order chi connectivity index (χ1) is 14.0. The summed E-state index contributed by atoms with van der Waals surface area (Å²) in [6.45, 7) is 8.28. The number of nitrogens with zero attached hydrogens (tertiary/aromatic N) is 3. The van der Waals surface area contributed by atoms with Crippen LogP contribution < -0.4 is 5.56 Å². The monoisotopic (exact) mass is 392 g/mol. The molecule has 0 radical (unpaired) electrons. The van der Waals surface area contributed by atoms with Gasteiger partial charge >= 0.3 is 0 Å². The lowest BCUT2D eigenvalue weighted by Gasteiger charge is -2.32. The smallest absolute Gasteiger partial charge is 0.257 e. The van der Waals surface area contributed by atoms with Gasteiger partial charge in [0.1, 0.15) is 0 Å². The van der Waals surface area contributed by atoms with Crippen LogP contribution in [0.3, 0.4) is 0 Å². The van der Waals surface area contributed by atoms with E-state index in [2.05, 4.69) is 29.1 Å². The molecule has 1 amide bonds. The zero-order chi connectivity index (χ0) is 20.5. The minimum atomic E-state index is -0.0423. The summed E-state index contributed by atoms with van der Waals surface area (Å²) in [6, 6.07) is 6.19. The highest BCUT2D eigenvalue weighted by atomic mass is 16.2. The molecule has 1 saturated heterocycles. The number of carbonyl (C=O) groups is 1. The van der Waals surface area contributed by atoms with E-state index in [1.165, 1.54) is 0 Å². The maximum absolute atomic E-state index is 13.0. The van der Waals surface area contributed by atoms with Gasteiger partial charge in [-0.3, -0.25) is 14.3 Å². The first kappa shape index (κ1) is 19.4. The summed E-state index contributed by atoms with van der Waals surface area (Å²) in [4.78, 5) is 30.7. The molecule has 2 aromatic heterocycles. The number of carbonyl (C=O) groups excluding carboxylic acids is 1. The predicted molar refractivity (Wildman–Crippen MR) is 114 cm³/mol. The average molecular weight is 393 g/mol. The summed E-state index contributed by atoms with van der Waals surface area (Å²) in [6.07, 6.45) is 6.36. The van der Waals surface area contributed by atoms with Crippen molar-refractivity contribution in [3.8, 4) is 0 Å². The SMILES string of the molecule is CCCn1cc(C(=O)N2CCCC(c3cc4cc(C)cc(C)c4c(=O)[nH]3)C2)cn1. The van der Waals surface area contributed by atoms with Gasteiger partial charge in [0.05, 0.1) is 11.8 Å². The number of benzene rings is 1.